The lowest BCUT2D eigenvalue weighted by atomic mass is 10.1. The van der Waals surface area contributed by atoms with Crippen molar-refractivity contribution in [1.82, 2.24) is 9.55 Å². The van der Waals surface area contributed by atoms with Crippen LogP contribution in [-0.4, -0.2) is 35.4 Å². The predicted octanol–water partition coefficient (Wildman–Crippen LogP) is 2.00. The normalized spacial score (nSPS) is 10.8. The Hall–Kier alpha value is -1.81. The van der Waals surface area contributed by atoms with Gasteiger partial charge in [0.25, 0.3) is 0 Å². The maximum absolute atomic E-state index is 9.05. The number of aromatic nitrogens is 2. The van der Waals surface area contributed by atoms with Gasteiger partial charge in [0.1, 0.15) is 5.82 Å². The fraction of sp³-hybridized carbons (Fsp3) is 0.400. The lowest BCUT2D eigenvalue weighted by Crippen LogP contribution is -2.08. The molecule has 102 valence electrons. The Morgan fingerprint density at radius 1 is 1.21 bits per heavy atom. The predicted molar refractivity (Wildman–Crippen MR) is 78.5 cm³/mol. The third-order valence-corrected chi connectivity index (χ3v) is 3.35. The quantitative estimate of drug-likeness (QED) is 0.913. The van der Waals surface area contributed by atoms with Crippen LogP contribution < -0.4 is 4.90 Å². The summed E-state index contributed by atoms with van der Waals surface area (Å²) in [6.07, 6.45) is 0.590. The van der Waals surface area contributed by atoms with Gasteiger partial charge in [0, 0.05) is 38.8 Å². The van der Waals surface area contributed by atoms with Gasteiger partial charge in [-0.15, -0.1) is 0 Å². The molecule has 1 aromatic heterocycles. The van der Waals surface area contributed by atoms with Gasteiger partial charge in [-0.05, 0) is 19.1 Å². The second-order valence-electron chi connectivity index (χ2n) is 4.94. The number of aryl methyl sites for hydroxylation is 1. The lowest BCUT2D eigenvalue weighted by Gasteiger charge is -2.13. The summed E-state index contributed by atoms with van der Waals surface area (Å²) in [5, 5.41) is 9.05. The van der Waals surface area contributed by atoms with Crippen molar-refractivity contribution in [3.8, 4) is 11.3 Å². The van der Waals surface area contributed by atoms with E-state index in [0.717, 1.165) is 22.8 Å². The highest BCUT2D eigenvalue weighted by molar-refractivity contribution is 5.65. The van der Waals surface area contributed by atoms with Crippen LogP contribution in [0.1, 0.15) is 11.5 Å². The Labute approximate surface area is 114 Å². The summed E-state index contributed by atoms with van der Waals surface area (Å²) in [6.45, 7) is 2.14. The zero-order chi connectivity index (χ0) is 14.0. The van der Waals surface area contributed by atoms with Crippen LogP contribution >= 0.6 is 0 Å². The van der Waals surface area contributed by atoms with Crippen LogP contribution in [0.15, 0.2) is 24.3 Å². The van der Waals surface area contributed by atoms with E-state index in [9.17, 15) is 0 Å². The van der Waals surface area contributed by atoms with E-state index < -0.39 is 0 Å². The molecule has 0 aliphatic rings. The monoisotopic (exact) mass is 259 g/mol. The summed E-state index contributed by atoms with van der Waals surface area (Å²) in [6, 6.07) is 8.44. The number of hydrogen-bond donors (Lipinski definition) is 1. The fourth-order valence-electron chi connectivity index (χ4n) is 2.34. The molecule has 0 bridgehead atoms. The highest BCUT2D eigenvalue weighted by atomic mass is 16.3. The summed E-state index contributed by atoms with van der Waals surface area (Å²) in [7, 11) is 6.06. The molecule has 0 radical (unpaired) electrons. The highest BCUT2D eigenvalue weighted by Gasteiger charge is 2.12. The van der Waals surface area contributed by atoms with Crippen molar-refractivity contribution in [3.63, 3.8) is 0 Å². The molecule has 0 saturated heterocycles. The molecule has 19 heavy (non-hydrogen) atoms. The largest absolute Gasteiger partial charge is 0.396 e. The molecule has 1 heterocycles. The Morgan fingerprint density at radius 2 is 1.84 bits per heavy atom. The van der Waals surface area contributed by atoms with E-state index in [1.54, 1.807) is 0 Å². The van der Waals surface area contributed by atoms with Crippen molar-refractivity contribution < 1.29 is 5.11 Å². The maximum atomic E-state index is 9.05. The van der Waals surface area contributed by atoms with Crippen LogP contribution in [0.3, 0.4) is 0 Å². The summed E-state index contributed by atoms with van der Waals surface area (Å²) in [4.78, 5) is 6.61. The zero-order valence-corrected chi connectivity index (χ0v) is 12.0. The van der Waals surface area contributed by atoms with Crippen molar-refractivity contribution >= 4 is 5.69 Å². The number of benzene rings is 1. The van der Waals surface area contributed by atoms with Gasteiger partial charge in [-0.3, -0.25) is 0 Å². The van der Waals surface area contributed by atoms with Crippen molar-refractivity contribution in [2.24, 2.45) is 7.05 Å². The van der Waals surface area contributed by atoms with Gasteiger partial charge in [-0.2, -0.15) is 0 Å². The summed E-state index contributed by atoms with van der Waals surface area (Å²) >= 11 is 0. The molecule has 1 N–H and O–H groups in total. The van der Waals surface area contributed by atoms with Crippen LogP contribution in [0.5, 0.6) is 0 Å². The number of aliphatic hydroxyl groups excluding tert-OH is 1. The van der Waals surface area contributed by atoms with E-state index in [-0.39, 0.29) is 6.61 Å². The van der Waals surface area contributed by atoms with Gasteiger partial charge in [-0.25, -0.2) is 4.98 Å². The molecule has 0 atom stereocenters. The molecule has 0 spiro atoms. The molecule has 2 rings (SSSR count). The first-order valence-corrected chi connectivity index (χ1v) is 6.45. The minimum Gasteiger partial charge on any atom is -0.396 e. The van der Waals surface area contributed by atoms with Gasteiger partial charge < -0.3 is 14.6 Å². The molecule has 0 aliphatic heterocycles. The molecule has 0 fully saturated rings. The third-order valence-electron chi connectivity index (χ3n) is 3.35. The molecule has 0 aliphatic carbocycles. The van der Waals surface area contributed by atoms with E-state index in [0.29, 0.717) is 6.42 Å². The minimum absolute atomic E-state index is 0.128. The average Bonchev–Trinajstić information content (AvgIpc) is 2.65. The number of hydrogen-bond acceptors (Lipinski definition) is 3. The first-order chi connectivity index (χ1) is 9.04. The number of aliphatic hydroxyl groups is 1. The SMILES string of the molecule is Cc1nc(CCO)n(C)c1-c1ccc(N(C)C)cc1. The van der Waals surface area contributed by atoms with E-state index >= 15 is 0 Å². The minimum atomic E-state index is 0.128. The second kappa shape index (κ2) is 5.45. The van der Waals surface area contributed by atoms with Crippen molar-refractivity contribution in [2.45, 2.75) is 13.3 Å². The number of rotatable bonds is 4. The van der Waals surface area contributed by atoms with Crippen LogP contribution in [0.25, 0.3) is 11.3 Å². The van der Waals surface area contributed by atoms with Crippen LogP contribution in [-0.2, 0) is 13.5 Å². The summed E-state index contributed by atoms with van der Waals surface area (Å²) < 4.78 is 2.07. The first-order valence-electron chi connectivity index (χ1n) is 6.45. The molecule has 0 amide bonds. The number of nitrogens with zero attached hydrogens (tertiary/aromatic N) is 3. The molecular weight excluding hydrogens is 238 g/mol. The molecule has 0 unspecified atom stereocenters. The Kier molecular flexibility index (Phi) is 3.90. The Morgan fingerprint density at radius 3 is 2.37 bits per heavy atom. The standard InChI is InChI=1S/C15H21N3O/c1-11-15(18(4)14(16-11)9-10-19)12-5-7-13(8-6-12)17(2)3/h5-8,19H,9-10H2,1-4H3. The van der Waals surface area contributed by atoms with E-state index in [4.69, 9.17) is 5.11 Å². The van der Waals surface area contributed by atoms with Crippen LogP contribution in [0, 0.1) is 6.92 Å². The smallest absolute Gasteiger partial charge is 0.111 e. The van der Waals surface area contributed by atoms with Gasteiger partial charge in [0.15, 0.2) is 0 Å². The van der Waals surface area contributed by atoms with Gasteiger partial charge in [-0.1, -0.05) is 12.1 Å². The molecule has 4 nitrogen and oxygen atoms in total. The van der Waals surface area contributed by atoms with Crippen molar-refractivity contribution in [2.75, 3.05) is 25.6 Å². The Bertz CT molecular complexity index is 556. The topological polar surface area (TPSA) is 41.3 Å². The van der Waals surface area contributed by atoms with Crippen LogP contribution in [0.4, 0.5) is 5.69 Å². The van der Waals surface area contributed by atoms with Crippen LogP contribution in [0.2, 0.25) is 0 Å². The highest BCUT2D eigenvalue weighted by Crippen LogP contribution is 2.26. The molecule has 1 aromatic carbocycles. The Balaban J connectivity index is 2.41. The maximum Gasteiger partial charge on any atom is 0.111 e. The van der Waals surface area contributed by atoms with E-state index in [1.807, 2.05) is 28.1 Å². The number of imidazole rings is 1. The third kappa shape index (κ3) is 2.63. The lowest BCUT2D eigenvalue weighted by molar-refractivity contribution is 0.295. The fourth-order valence-corrected chi connectivity index (χ4v) is 2.34. The van der Waals surface area contributed by atoms with Crippen molar-refractivity contribution in [1.29, 1.82) is 0 Å². The van der Waals surface area contributed by atoms with Gasteiger partial charge >= 0.3 is 0 Å². The zero-order valence-electron chi connectivity index (χ0n) is 12.0. The molecule has 2 aromatic rings. The second-order valence-corrected chi connectivity index (χ2v) is 4.94. The summed E-state index contributed by atoms with van der Waals surface area (Å²) in [5.41, 5.74) is 4.46. The molecule has 4 heteroatoms. The van der Waals surface area contributed by atoms with E-state index in [2.05, 4.69) is 38.7 Å². The van der Waals surface area contributed by atoms with Crippen molar-refractivity contribution in [3.05, 3.63) is 35.8 Å². The van der Waals surface area contributed by atoms with Gasteiger partial charge in [0.2, 0.25) is 0 Å². The first kappa shape index (κ1) is 13.6. The van der Waals surface area contributed by atoms with E-state index in [1.165, 1.54) is 5.69 Å². The van der Waals surface area contributed by atoms with Gasteiger partial charge in [0.05, 0.1) is 18.0 Å². The molecule has 0 saturated carbocycles. The summed E-state index contributed by atoms with van der Waals surface area (Å²) in [5.74, 6) is 0.923. The average molecular weight is 259 g/mol. The number of anilines is 1. The molecular formula is C15H21N3O.